The topological polar surface area (TPSA) is 24.9 Å². The Balaban J connectivity index is 1.62. The molecular weight excluding hydrogens is 284 g/mol. The Labute approximate surface area is 131 Å². The van der Waals surface area contributed by atoms with Gasteiger partial charge in [-0.05, 0) is 38.4 Å². The zero-order chi connectivity index (χ0) is 14.7. The Morgan fingerprint density at radius 1 is 1.48 bits per heavy atom. The minimum atomic E-state index is -0.0889. The first-order chi connectivity index (χ1) is 10.2. The van der Waals surface area contributed by atoms with Gasteiger partial charge in [0.25, 0.3) is 0 Å². The zero-order valence-electron chi connectivity index (χ0n) is 13.1. The first-order valence-corrected chi connectivity index (χ1v) is 8.68. The number of nitrogens with zero attached hydrogens (tertiary/aromatic N) is 2. The average molecular weight is 310 g/mol. The van der Waals surface area contributed by atoms with Gasteiger partial charge >= 0.3 is 0 Å². The van der Waals surface area contributed by atoms with Crippen LogP contribution in [0.25, 0.3) is 0 Å². The standard InChI is InChI=1S/C16H26N2O2S/c1-17(2)10-14-5-6-16(20-14)12-18(7-8-19-13-16)11-15-4-3-9-21-15/h3-4,9,14H,5-8,10-13H2,1-2H3. The third-order valence-corrected chi connectivity index (χ3v) is 5.16. The molecule has 2 saturated heterocycles. The largest absolute Gasteiger partial charge is 0.377 e. The molecule has 0 aliphatic carbocycles. The molecule has 118 valence electrons. The predicted octanol–water partition coefficient (Wildman–Crippen LogP) is 2.06. The van der Waals surface area contributed by atoms with Crippen LogP contribution in [0.3, 0.4) is 0 Å². The van der Waals surface area contributed by atoms with E-state index >= 15 is 0 Å². The molecule has 5 heteroatoms. The summed E-state index contributed by atoms with van der Waals surface area (Å²) in [5.74, 6) is 0. The normalized spacial score (nSPS) is 31.1. The highest BCUT2D eigenvalue weighted by molar-refractivity contribution is 7.09. The van der Waals surface area contributed by atoms with Crippen LogP contribution in [0.5, 0.6) is 0 Å². The van der Waals surface area contributed by atoms with Gasteiger partial charge in [-0.1, -0.05) is 6.07 Å². The molecule has 0 amide bonds. The average Bonchev–Trinajstić information content (AvgIpc) is 3.00. The lowest BCUT2D eigenvalue weighted by molar-refractivity contribution is -0.0901. The summed E-state index contributed by atoms with van der Waals surface area (Å²) in [5, 5.41) is 2.15. The molecule has 4 nitrogen and oxygen atoms in total. The Morgan fingerprint density at radius 3 is 3.14 bits per heavy atom. The Bertz CT molecular complexity index is 437. The van der Waals surface area contributed by atoms with Gasteiger partial charge in [0.2, 0.25) is 0 Å². The van der Waals surface area contributed by atoms with Crippen LogP contribution in [0.4, 0.5) is 0 Å². The number of likely N-dealkylation sites (N-methyl/N-ethyl adjacent to an activating group) is 1. The summed E-state index contributed by atoms with van der Waals surface area (Å²) in [6.07, 6.45) is 2.62. The Morgan fingerprint density at radius 2 is 2.38 bits per heavy atom. The van der Waals surface area contributed by atoms with Crippen LogP contribution >= 0.6 is 11.3 Å². The highest BCUT2D eigenvalue weighted by Gasteiger charge is 2.43. The summed E-state index contributed by atoms with van der Waals surface area (Å²) in [6.45, 7) is 5.58. The summed E-state index contributed by atoms with van der Waals surface area (Å²) in [6, 6.07) is 4.34. The molecule has 21 heavy (non-hydrogen) atoms. The van der Waals surface area contributed by atoms with Crippen molar-refractivity contribution in [2.24, 2.45) is 0 Å². The van der Waals surface area contributed by atoms with Gasteiger partial charge in [0.1, 0.15) is 5.60 Å². The molecule has 0 N–H and O–H groups in total. The number of rotatable bonds is 4. The van der Waals surface area contributed by atoms with Crippen molar-refractivity contribution >= 4 is 11.3 Å². The van der Waals surface area contributed by atoms with E-state index in [-0.39, 0.29) is 5.60 Å². The van der Waals surface area contributed by atoms with E-state index in [0.717, 1.165) is 52.2 Å². The minimum Gasteiger partial charge on any atom is -0.377 e. The molecule has 1 aromatic heterocycles. The first-order valence-electron chi connectivity index (χ1n) is 7.80. The summed E-state index contributed by atoms with van der Waals surface area (Å²) in [4.78, 5) is 6.14. The first kappa shape index (κ1) is 15.4. The quantitative estimate of drug-likeness (QED) is 0.850. The van der Waals surface area contributed by atoms with Gasteiger partial charge in [0.05, 0.1) is 19.3 Å². The van der Waals surface area contributed by atoms with E-state index < -0.39 is 0 Å². The van der Waals surface area contributed by atoms with Crippen LogP contribution in [0.1, 0.15) is 17.7 Å². The van der Waals surface area contributed by atoms with Crippen LogP contribution in [0, 0.1) is 0 Å². The maximum absolute atomic E-state index is 6.43. The molecule has 2 unspecified atom stereocenters. The molecule has 3 rings (SSSR count). The lowest BCUT2D eigenvalue weighted by Crippen LogP contribution is -2.44. The summed E-state index contributed by atoms with van der Waals surface area (Å²) in [5.41, 5.74) is -0.0889. The van der Waals surface area contributed by atoms with Gasteiger partial charge in [0, 0.05) is 31.1 Å². The van der Waals surface area contributed by atoms with Crippen molar-refractivity contribution in [2.75, 3.05) is 46.9 Å². The second kappa shape index (κ2) is 6.75. The van der Waals surface area contributed by atoms with Gasteiger partial charge in [-0.15, -0.1) is 11.3 Å². The van der Waals surface area contributed by atoms with Crippen molar-refractivity contribution < 1.29 is 9.47 Å². The van der Waals surface area contributed by atoms with Gasteiger partial charge in [-0.2, -0.15) is 0 Å². The maximum Gasteiger partial charge on any atom is 0.105 e. The third-order valence-electron chi connectivity index (χ3n) is 4.30. The van der Waals surface area contributed by atoms with Gasteiger partial charge in [-0.25, -0.2) is 0 Å². The number of hydrogen-bond donors (Lipinski definition) is 0. The number of thiophene rings is 1. The fraction of sp³-hybridized carbons (Fsp3) is 0.750. The van der Waals surface area contributed by atoms with Crippen molar-refractivity contribution in [1.29, 1.82) is 0 Å². The SMILES string of the molecule is CN(C)CC1CCC2(COCCN(Cc3cccs3)C2)O1. The second-order valence-corrected chi connectivity index (χ2v) is 7.60. The van der Waals surface area contributed by atoms with E-state index in [1.165, 1.54) is 4.88 Å². The zero-order valence-corrected chi connectivity index (χ0v) is 13.9. The molecule has 2 fully saturated rings. The van der Waals surface area contributed by atoms with Crippen molar-refractivity contribution in [3.8, 4) is 0 Å². The van der Waals surface area contributed by atoms with Crippen LogP contribution < -0.4 is 0 Å². The molecule has 0 bridgehead atoms. The van der Waals surface area contributed by atoms with Crippen LogP contribution in [0.15, 0.2) is 17.5 Å². The lowest BCUT2D eigenvalue weighted by atomic mass is 10.00. The molecular formula is C16H26N2O2S. The van der Waals surface area contributed by atoms with Crippen molar-refractivity contribution in [3.05, 3.63) is 22.4 Å². The van der Waals surface area contributed by atoms with Crippen LogP contribution in [0.2, 0.25) is 0 Å². The highest BCUT2D eigenvalue weighted by Crippen LogP contribution is 2.33. The van der Waals surface area contributed by atoms with Crippen LogP contribution in [-0.2, 0) is 16.0 Å². The van der Waals surface area contributed by atoms with E-state index in [9.17, 15) is 0 Å². The maximum atomic E-state index is 6.43. The van der Waals surface area contributed by atoms with Gasteiger partial charge in [-0.3, -0.25) is 4.90 Å². The highest BCUT2D eigenvalue weighted by atomic mass is 32.1. The molecule has 2 atom stereocenters. The fourth-order valence-electron chi connectivity index (χ4n) is 3.40. The summed E-state index contributed by atoms with van der Waals surface area (Å²) in [7, 11) is 4.22. The van der Waals surface area contributed by atoms with Crippen molar-refractivity contribution in [3.63, 3.8) is 0 Å². The Kier molecular flexibility index (Phi) is 4.96. The van der Waals surface area contributed by atoms with E-state index in [1.54, 1.807) is 0 Å². The molecule has 2 aliphatic rings. The molecule has 2 aliphatic heterocycles. The molecule has 1 aromatic rings. The van der Waals surface area contributed by atoms with E-state index in [0.29, 0.717) is 6.10 Å². The van der Waals surface area contributed by atoms with Crippen LogP contribution in [-0.4, -0.2) is 68.4 Å². The molecule has 0 saturated carbocycles. The number of ether oxygens (including phenoxy) is 2. The predicted molar refractivity (Wildman–Crippen MR) is 85.8 cm³/mol. The summed E-state index contributed by atoms with van der Waals surface area (Å²) < 4.78 is 12.3. The fourth-order valence-corrected chi connectivity index (χ4v) is 4.14. The van der Waals surface area contributed by atoms with Gasteiger partial charge < -0.3 is 14.4 Å². The van der Waals surface area contributed by atoms with E-state index in [1.807, 2.05) is 11.3 Å². The van der Waals surface area contributed by atoms with Crippen molar-refractivity contribution in [2.45, 2.75) is 31.1 Å². The number of hydrogen-bond acceptors (Lipinski definition) is 5. The third kappa shape index (κ3) is 4.05. The Hall–Kier alpha value is -0.460. The lowest BCUT2D eigenvalue weighted by Gasteiger charge is -2.32. The summed E-state index contributed by atoms with van der Waals surface area (Å²) >= 11 is 1.83. The molecule has 0 radical (unpaired) electrons. The smallest absolute Gasteiger partial charge is 0.105 e. The van der Waals surface area contributed by atoms with E-state index in [4.69, 9.17) is 9.47 Å². The molecule has 1 spiro atoms. The molecule has 0 aromatic carbocycles. The van der Waals surface area contributed by atoms with E-state index in [2.05, 4.69) is 41.4 Å². The van der Waals surface area contributed by atoms with Gasteiger partial charge in [0.15, 0.2) is 0 Å². The monoisotopic (exact) mass is 310 g/mol. The molecule has 3 heterocycles. The minimum absolute atomic E-state index is 0.0889. The second-order valence-electron chi connectivity index (χ2n) is 6.57. The van der Waals surface area contributed by atoms with Crippen molar-refractivity contribution in [1.82, 2.24) is 9.80 Å².